The number of hydrogen-bond donors (Lipinski definition) is 1. The van der Waals surface area contributed by atoms with E-state index in [0.717, 1.165) is 35.1 Å². The Balaban J connectivity index is 1.18. The summed E-state index contributed by atoms with van der Waals surface area (Å²) in [7, 11) is 0. The number of fused-ring (bicyclic) bond motifs is 1. The summed E-state index contributed by atoms with van der Waals surface area (Å²) in [4.78, 5) is 30.0. The lowest BCUT2D eigenvalue weighted by Gasteiger charge is -2.32. The number of rotatable bonds is 5. The molecule has 7 heteroatoms. The molecule has 1 amide bonds. The van der Waals surface area contributed by atoms with Crippen molar-refractivity contribution in [3.05, 3.63) is 83.0 Å². The highest BCUT2D eigenvalue weighted by Crippen LogP contribution is 2.25. The van der Waals surface area contributed by atoms with Gasteiger partial charge in [-0.1, -0.05) is 30.3 Å². The van der Waals surface area contributed by atoms with Gasteiger partial charge in [-0.05, 0) is 49.1 Å². The zero-order valence-corrected chi connectivity index (χ0v) is 17.3. The number of para-hydroxylation sites is 3. The van der Waals surface area contributed by atoms with Crippen molar-refractivity contribution in [2.45, 2.75) is 31.7 Å². The molecule has 7 nitrogen and oxygen atoms in total. The van der Waals surface area contributed by atoms with Crippen molar-refractivity contribution in [2.24, 2.45) is 0 Å². The topological polar surface area (TPSA) is 75.9 Å². The Labute approximate surface area is 179 Å². The van der Waals surface area contributed by atoms with E-state index in [1.54, 1.807) is 0 Å². The van der Waals surface area contributed by atoms with E-state index >= 15 is 0 Å². The Morgan fingerprint density at radius 3 is 2.58 bits per heavy atom. The summed E-state index contributed by atoms with van der Waals surface area (Å²) in [6.07, 6.45) is 6.54. The third-order valence-electron chi connectivity index (χ3n) is 6.09. The lowest BCUT2D eigenvalue weighted by molar-refractivity contribution is -0.132. The van der Waals surface area contributed by atoms with Gasteiger partial charge in [0.15, 0.2) is 0 Å². The maximum absolute atomic E-state index is 12.7. The molecule has 31 heavy (non-hydrogen) atoms. The zero-order valence-electron chi connectivity index (χ0n) is 17.3. The van der Waals surface area contributed by atoms with Crippen LogP contribution in [0.3, 0.4) is 0 Å². The fraction of sp³-hybridized carbons (Fsp3) is 0.292. The summed E-state index contributed by atoms with van der Waals surface area (Å²) in [5.41, 5.74) is 3.79. The second-order valence-corrected chi connectivity index (χ2v) is 8.06. The molecule has 1 aliphatic rings. The predicted octanol–water partition coefficient (Wildman–Crippen LogP) is 3.31. The van der Waals surface area contributed by atoms with E-state index in [9.17, 15) is 9.59 Å². The molecule has 2 aromatic carbocycles. The molecule has 0 unspecified atom stereocenters. The second-order valence-electron chi connectivity index (χ2n) is 8.06. The smallest absolute Gasteiger partial charge is 0.326 e. The summed E-state index contributed by atoms with van der Waals surface area (Å²) in [6, 6.07) is 17.8. The molecule has 0 radical (unpaired) electrons. The van der Waals surface area contributed by atoms with Crippen molar-refractivity contribution in [3.63, 3.8) is 0 Å². The lowest BCUT2D eigenvalue weighted by Crippen LogP contribution is -2.40. The Hall–Kier alpha value is -3.61. The van der Waals surface area contributed by atoms with Crippen LogP contribution in [0, 0.1) is 0 Å². The quantitative estimate of drug-likeness (QED) is 0.543. The maximum atomic E-state index is 12.7. The number of aromatic amines is 1. The highest BCUT2D eigenvalue weighted by atomic mass is 16.2. The average Bonchev–Trinajstić information content (AvgIpc) is 3.42. The number of H-pyrrole nitrogens is 1. The minimum Gasteiger partial charge on any atom is -0.343 e. The van der Waals surface area contributed by atoms with Crippen LogP contribution in [0.2, 0.25) is 0 Å². The largest absolute Gasteiger partial charge is 0.343 e. The van der Waals surface area contributed by atoms with Crippen LogP contribution in [0.1, 0.15) is 30.9 Å². The number of nitrogens with zero attached hydrogens (tertiary/aromatic N) is 4. The number of carbonyl (C=O) groups excluding carboxylic acids is 1. The Kier molecular flexibility index (Phi) is 5.16. The first-order valence-electron chi connectivity index (χ1n) is 10.7. The second kappa shape index (κ2) is 8.26. The van der Waals surface area contributed by atoms with Gasteiger partial charge in [0.1, 0.15) is 0 Å². The van der Waals surface area contributed by atoms with Crippen LogP contribution in [0.4, 0.5) is 0 Å². The molecule has 1 N–H and O–H groups in total. The first kappa shape index (κ1) is 19.4. The molecule has 0 atom stereocenters. The zero-order chi connectivity index (χ0) is 21.2. The van der Waals surface area contributed by atoms with Crippen molar-refractivity contribution in [2.75, 3.05) is 13.1 Å². The monoisotopic (exact) mass is 415 g/mol. The molecule has 5 rings (SSSR count). The van der Waals surface area contributed by atoms with Crippen molar-refractivity contribution in [1.82, 2.24) is 24.2 Å². The SMILES string of the molecule is O=C(CCc1cnn(-c2ccccc2)c1)N1CCC(n2c(=O)[nH]c3ccccc32)CC1. The number of carbonyl (C=O) groups is 1. The van der Waals surface area contributed by atoms with Crippen LogP contribution >= 0.6 is 0 Å². The molecule has 1 saturated heterocycles. The van der Waals surface area contributed by atoms with Gasteiger partial charge in [-0.25, -0.2) is 9.48 Å². The Morgan fingerprint density at radius 1 is 1.03 bits per heavy atom. The summed E-state index contributed by atoms with van der Waals surface area (Å²) < 4.78 is 3.69. The highest BCUT2D eigenvalue weighted by Gasteiger charge is 2.25. The number of imidazole rings is 1. The van der Waals surface area contributed by atoms with Crippen LogP contribution in [-0.2, 0) is 11.2 Å². The van der Waals surface area contributed by atoms with Crippen molar-refractivity contribution < 1.29 is 4.79 Å². The van der Waals surface area contributed by atoms with E-state index in [4.69, 9.17) is 0 Å². The van der Waals surface area contributed by atoms with Gasteiger partial charge >= 0.3 is 5.69 Å². The Morgan fingerprint density at radius 2 is 1.77 bits per heavy atom. The van der Waals surface area contributed by atoms with Gasteiger partial charge in [0.2, 0.25) is 5.91 Å². The lowest BCUT2D eigenvalue weighted by atomic mass is 10.0. The average molecular weight is 415 g/mol. The maximum Gasteiger partial charge on any atom is 0.326 e. The van der Waals surface area contributed by atoms with Gasteiger partial charge in [0.05, 0.1) is 22.9 Å². The molecule has 0 bridgehead atoms. The van der Waals surface area contributed by atoms with Gasteiger partial charge < -0.3 is 9.88 Å². The number of piperidine rings is 1. The van der Waals surface area contributed by atoms with E-state index in [1.807, 2.05) is 81.1 Å². The summed E-state index contributed by atoms with van der Waals surface area (Å²) in [5, 5.41) is 4.40. The molecule has 1 fully saturated rings. The number of likely N-dealkylation sites (tertiary alicyclic amines) is 1. The van der Waals surface area contributed by atoms with E-state index in [2.05, 4.69) is 10.1 Å². The summed E-state index contributed by atoms with van der Waals surface area (Å²) in [5.74, 6) is 0.164. The summed E-state index contributed by atoms with van der Waals surface area (Å²) in [6.45, 7) is 1.36. The number of amides is 1. The molecule has 2 aromatic heterocycles. The van der Waals surface area contributed by atoms with Crippen molar-refractivity contribution in [1.29, 1.82) is 0 Å². The fourth-order valence-electron chi connectivity index (χ4n) is 4.43. The third kappa shape index (κ3) is 3.91. The minimum absolute atomic E-state index is 0.0681. The van der Waals surface area contributed by atoms with Gasteiger partial charge in [0, 0.05) is 31.7 Å². The fourth-order valence-corrected chi connectivity index (χ4v) is 4.43. The molecular formula is C24H25N5O2. The number of nitrogens with one attached hydrogen (secondary N) is 1. The molecule has 3 heterocycles. The first-order valence-corrected chi connectivity index (χ1v) is 10.7. The number of aromatic nitrogens is 4. The first-order chi connectivity index (χ1) is 15.2. The number of benzene rings is 2. The summed E-state index contributed by atoms with van der Waals surface area (Å²) >= 11 is 0. The third-order valence-corrected chi connectivity index (χ3v) is 6.09. The highest BCUT2D eigenvalue weighted by molar-refractivity contribution is 5.77. The van der Waals surface area contributed by atoms with E-state index in [1.165, 1.54) is 0 Å². The normalized spacial score (nSPS) is 14.9. The van der Waals surface area contributed by atoms with Crippen LogP contribution in [-0.4, -0.2) is 43.2 Å². The molecule has 0 saturated carbocycles. The van der Waals surface area contributed by atoms with Crippen molar-refractivity contribution >= 4 is 16.9 Å². The van der Waals surface area contributed by atoms with Gasteiger partial charge in [0.25, 0.3) is 0 Å². The van der Waals surface area contributed by atoms with Gasteiger partial charge in [-0.15, -0.1) is 0 Å². The minimum atomic E-state index is -0.0681. The van der Waals surface area contributed by atoms with Crippen LogP contribution in [0.15, 0.2) is 71.8 Å². The number of hydrogen-bond acceptors (Lipinski definition) is 3. The Bertz CT molecular complexity index is 1250. The van der Waals surface area contributed by atoms with Crippen LogP contribution in [0.25, 0.3) is 16.7 Å². The molecule has 158 valence electrons. The van der Waals surface area contributed by atoms with Crippen LogP contribution in [0.5, 0.6) is 0 Å². The molecular weight excluding hydrogens is 390 g/mol. The van der Waals surface area contributed by atoms with E-state index < -0.39 is 0 Å². The molecule has 1 aliphatic heterocycles. The molecule has 0 spiro atoms. The molecule has 4 aromatic rings. The van der Waals surface area contributed by atoms with Crippen LogP contribution < -0.4 is 5.69 Å². The standard InChI is InChI=1S/C24H25N5O2/c30-23(11-10-18-16-25-28(17-18)19-6-2-1-3-7-19)27-14-12-20(13-15-27)29-22-9-5-4-8-21(22)26-24(29)31/h1-9,16-17,20H,10-15H2,(H,26,31). The van der Waals surface area contributed by atoms with E-state index in [-0.39, 0.29) is 17.6 Å². The predicted molar refractivity (Wildman–Crippen MR) is 119 cm³/mol. The van der Waals surface area contributed by atoms with Gasteiger partial charge in [-0.2, -0.15) is 5.10 Å². The van der Waals surface area contributed by atoms with Gasteiger partial charge in [-0.3, -0.25) is 9.36 Å². The number of aryl methyl sites for hydroxylation is 1. The molecule has 0 aliphatic carbocycles. The van der Waals surface area contributed by atoms with Crippen molar-refractivity contribution in [3.8, 4) is 5.69 Å². The van der Waals surface area contributed by atoms with E-state index in [0.29, 0.717) is 25.9 Å².